The average Bonchev–Trinajstić information content (AvgIpc) is 2.03. The van der Waals surface area contributed by atoms with Crippen LogP contribution in [-0.4, -0.2) is 35.8 Å². The summed E-state index contributed by atoms with van der Waals surface area (Å²) in [5.74, 6) is 0. The van der Waals surface area contributed by atoms with Crippen molar-refractivity contribution in [1.29, 1.82) is 0 Å². The monoisotopic (exact) mass is 178 g/mol. The Bertz CT molecular complexity index is 61.1. The molecule has 3 heteroatoms. The Kier molecular flexibility index (Phi) is 10.7. The van der Waals surface area contributed by atoms with E-state index in [1.165, 1.54) is 12.3 Å². The van der Waals surface area contributed by atoms with E-state index in [9.17, 15) is 0 Å². The number of rotatable bonds is 8. The first-order valence-corrected chi connectivity index (χ1v) is 5.75. The van der Waals surface area contributed by atoms with Gasteiger partial charge in [0, 0.05) is 13.2 Å². The third kappa shape index (κ3) is 10.4. The number of hydrogen-bond donors (Lipinski definition) is 2. The second kappa shape index (κ2) is 10.3. The summed E-state index contributed by atoms with van der Waals surface area (Å²) < 4.78 is 0. The van der Waals surface area contributed by atoms with E-state index in [1.807, 2.05) is 0 Å². The van der Waals surface area contributed by atoms with Crippen molar-refractivity contribution in [2.24, 2.45) is 0 Å². The minimum Gasteiger partial charge on any atom is -0.396 e. The van der Waals surface area contributed by atoms with E-state index < -0.39 is 0 Å². The third-order valence-electron chi connectivity index (χ3n) is 1.52. The van der Waals surface area contributed by atoms with Crippen LogP contribution < -0.4 is 0 Å². The summed E-state index contributed by atoms with van der Waals surface area (Å²) in [5.41, 5.74) is 0. The Morgan fingerprint density at radius 3 is 1.55 bits per heavy atom. The van der Waals surface area contributed by atoms with Gasteiger partial charge in [-0.3, -0.25) is 0 Å². The normalized spacial score (nSPS) is 10.4. The minimum atomic E-state index is 0.334. The number of aliphatic hydroxyl groups is 2. The van der Waals surface area contributed by atoms with Gasteiger partial charge in [0.2, 0.25) is 0 Å². The van der Waals surface area contributed by atoms with Crippen LogP contribution in [0.3, 0.4) is 0 Å². The molecule has 0 aromatic rings. The summed E-state index contributed by atoms with van der Waals surface area (Å²) in [4.78, 5) is 0. The molecule has 0 aromatic heterocycles. The van der Waals surface area contributed by atoms with Gasteiger partial charge in [0.25, 0.3) is 0 Å². The van der Waals surface area contributed by atoms with Gasteiger partial charge in [0.1, 0.15) is 0 Å². The van der Waals surface area contributed by atoms with Crippen LogP contribution >= 0.6 is 8.58 Å². The first-order chi connectivity index (χ1) is 5.41. The van der Waals surface area contributed by atoms with Crippen LogP contribution in [-0.2, 0) is 0 Å². The minimum absolute atomic E-state index is 0.334. The largest absolute Gasteiger partial charge is 0.396 e. The van der Waals surface area contributed by atoms with Crippen molar-refractivity contribution < 1.29 is 10.2 Å². The zero-order valence-corrected chi connectivity index (χ0v) is 8.05. The molecule has 2 nitrogen and oxygen atoms in total. The molecule has 0 saturated heterocycles. The van der Waals surface area contributed by atoms with Crippen molar-refractivity contribution in [3.8, 4) is 0 Å². The van der Waals surface area contributed by atoms with E-state index in [1.54, 1.807) is 0 Å². The van der Waals surface area contributed by atoms with Crippen LogP contribution in [0.4, 0.5) is 0 Å². The van der Waals surface area contributed by atoms with Crippen molar-refractivity contribution in [2.45, 2.75) is 25.7 Å². The molecule has 2 N–H and O–H groups in total. The third-order valence-corrected chi connectivity index (χ3v) is 2.94. The molecule has 68 valence electrons. The van der Waals surface area contributed by atoms with Gasteiger partial charge in [-0.2, -0.15) is 0 Å². The molecule has 0 unspecified atom stereocenters. The number of aliphatic hydroxyl groups excluding tert-OH is 2. The molecule has 0 amide bonds. The highest BCUT2D eigenvalue weighted by Crippen LogP contribution is 2.14. The maximum atomic E-state index is 8.48. The van der Waals surface area contributed by atoms with Crippen LogP contribution in [0.25, 0.3) is 0 Å². The molecular weight excluding hydrogens is 159 g/mol. The predicted molar refractivity (Wildman–Crippen MR) is 50.7 cm³/mol. The lowest BCUT2D eigenvalue weighted by molar-refractivity contribution is 0.287. The van der Waals surface area contributed by atoms with Gasteiger partial charge in [-0.1, -0.05) is 0 Å². The van der Waals surface area contributed by atoms with E-state index in [2.05, 4.69) is 0 Å². The molecule has 0 aliphatic rings. The lowest BCUT2D eigenvalue weighted by Crippen LogP contribution is -1.87. The summed E-state index contributed by atoms with van der Waals surface area (Å²) in [7, 11) is 1.03. The fourth-order valence-corrected chi connectivity index (χ4v) is 2.10. The molecular formula is C8H19O2P. The zero-order chi connectivity index (χ0) is 8.36. The molecule has 11 heavy (non-hydrogen) atoms. The average molecular weight is 178 g/mol. The molecule has 0 saturated carbocycles. The summed E-state index contributed by atoms with van der Waals surface area (Å²) in [6.07, 6.45) is 6.74. The standard InChI is InChI=1S/C8H19O2P/c9-5-1-3-7-11-8-4-2-6-10/h9-11H,1-8H2. The summed E-state index contributed by atoms with van der Waals surface area (Å²) in [6.45, 7) is 0.669. The first-order valence-electron chi connectivity index (χ1n) is 4.34. The quantitative estimate of drug-likeness (QED) is 0.433. The van der Waals surface area contributed by atoms with E-state index in [-0.39, 0.29) is 0 Å². The predicted octanol–water partition coefficient (Wildman–Crippen LogP) is 1.21. The summed E-state index contributed by atoms with van der Waals surface area (Å²) in [6, 6.07) is 0. The fraction of sp³-hybridized carbons (Fsp3) is 1.00. The van der Waals surface area contributed by atoms with Gasteiger partial charge in [-0.25, -0.2) is 0 Å². The van der Waals surface area contributed by atoms with Crippen LogP contribution in [0.5, 0.6) is 0 Å². The van der Waals surface area contributed by atoms with E-state index in [0.717, 1.165) is 34.3 Å². The fourth-order valence-electron chi connectivity index (χ4n) is 0.849. The van der Waals surface area contributed by atoms with E-state index in [0.29, 0.717) is 13.2 Å². The number of unbranched alkanes of at least 4 members (excludes halogenated alkanes) is 2. The highest BCUT2D eigenvalue weighted by atomic mass is 31.1. The van der Waals surface area contributed by atoms with Crippen LogP contribution in [0.1, 0.15) is 25.7 Å². The molecule has 0 fully saturated rings. The van der Waals surface area contributed by atoms with Crippen LogP contribution in [0.2, 0.25) is 0 Å². The van der Waals surface area contributed by atoms with E-state index >= 15 is 0 Å². The second-order valence-corrected chi connectivity index (χ2v) is 4.11. The topological polar surface area (TPSA) is 40.5 Å². The highest BCUT2D eigenvalue weighted by molar-refractivity contribution is 7.37. The second-order valence-electron chi connectivity index (χ2n) is 2.61. The summed E-state index contributed by atoms with van der Waals surface area (Å²) in [5, 5.41) is 17.0. The van der Waals surface area contributed by atoms with Gasteiger partial charge in [-0.15, -0.1) is 8.58 Å². The molecule has 0 radical (unpaired) electrons. The lowest BCUT2D eigenvalue weighted by atomic mass is 10.4. The molecule has 0 aromatic carbocycles. The Morgan fingerprint density at radius 2 is 1.18 bits per heavy atom. The van der Waals surface area contributed by atoms with Crippen molar-refractivity contribution >= 4 is 8.58 Å². The molecule has 0 spiro atoms. The zero-order valence-electron chi connectivity index (χ0n) is 7.05. The molecule has 0 heterocycles. The van der Waals surface area contributed by atoms with Crippen molar-refractivity contribution in [3.63, 3.8) is 0 Å². The molecule has 0 bridgehead atoms. The van der Waals surface area contributed by atoms with Crippen LogP contribution in [0.15, 0.2) is 0 Å². The molecule has 0 rings (SSSR count). The van der Waals surface area contributed by atoms with Crippen molar-refractivity contribution in [1.82, 2.24) is 0 Å². The Balaban J connectivity index is 2.69. The smallest absolute Gasteiger partial charge is 0.0431 e. The molecule has 0 aliphatic heterocycles. The van der Waals surface area contributed by atoms with Crippen LogP contribution in [0, 0.1) is 0 Å². The van der Waals surface area contributed by atoms with Gasteiger partial charge in [-0.05, 0) is 38.0 Å². The highest BCUT2D eigenvalue weighted by Gasteiger charge is 1.89. The van der Waals surface area contributed by atoms with E-state index in [4.69, 9.17) is 10.2 Å². The van der Waals surface area contributed by atoms with Gasteiger partial charge in [0.05, 0.1) is 0 Å². The van der Waals surface area contributed by atoms with Gasteiger partial charge in [0.15, 0.2) is 0 Å². The number of hydrogen-bond acceptors (Lipinski definition) is 2. The summed E-state index contributed by atoms with van der Waals surface area (Å²) >= 11 is 0. The van der Waals surface area contributed by atoms with Crippen molar-refractivity contribution in [2.75, 3.05) is 25.5 Å². The Hall–Kier alpha value is 0.350. The van der Waals surface area contributed by atoms with Gasteiger partial charge < -0.3 is 10.2 Å². The maximum Gasteiger partial charge on any atom is 0.0431 e. The lowest BCUT2D eigenvalue weighted by Gasteiger charge is -1.99. The Morgan fingerprint density at radius 1 is 0.727 bits per heavy atom. The first kappa shape index (κ1) is 11.4. The SMILES string of the molecule is OCCCCPCCCCO. The maximum absolute atomic E-state index is 8.48. The molecule has 0 atom stereocenters. The van der Waals surface area contributed by atoms with Gasteiger partial charge >= 0.3 is 0 Å². The van der Waals surface area contributed by atoms with Crippen molar-refractivity contribution in [3.05, 3.63) is 0 Å². The molecule has 0 aliphatic carbocycles. The Labute approximate surface area is 70.8 Å².